The van der Waals surface area contributed by atoms with Crippen molar-refractivity contribution in [3.8, 4) is 5.75 Å². The highest BCUT2D eigenvalue weighted by atomic mass is 32.1. The van der Waals surface area contributed by atoms with Crippen LogP contribution in [-0.2, 0) is 24.2 Å². The second-order valence-electron chi connectivity index (χ2n) is 8.70. The number of benzene rings is 1. The van der Waals surface area contributed by atoms with Gasteiger partial charge in [-0.25, -0.2) is 4.98 Å². The number of rotatable bonds is 7. The van der Waals surface area contributed by atoms with E-state index in [9.17, 15) is 4.79 Å². The standard InChI is InChI=1S/C24H33N3O2S/c1-17-14-19(29-2)10-11-20(17)25-23(28)12-9-18-6-5-13-27(15-18)16-24-26-21-7-3-4-8-22(21)30-24/h10-11,14,18H,3-9,12-13,15-16H2,1-2H3,(H,25,28)/t18-/m0/s1. The van der Waals surface area contributed by atoms with Crippen LogP contribution in [0.1, 0.15) is 59.7 Å². The van der Waals surface area contributed by atoms with E-state index in [4.69, 9.17) is 9.72 Å². The number of piperidine rings is 1. The van der Waals surface area contributed by atoms with Crippen LogP contribution in [0.25, 0.3) is 0 Å². The molecule has 1 aromatic heterocycles. The number of carbonyl (C=O) groups is 1. The largest absolute Gasteiger partial charge is 0.497 e. The molecular weight excluding hydrogens is 394 g/mol. The lowest BCUT2D eigenvalue weighted by molar-refractivity contribution is -0.116. The van der Waals surface area contributed by atoms with Crippen LogP contribution in [0.2, 0.25) is 0 Å². The third kappa shape index (κ3) is 5.41. The van der Waals surface area contributed by atoms with Crippen LogP contribution in [0, 0.1) is 12.8 Å². The van der Waals surface area contributed by atoms with Gasteiger partial charge in [0.05, 0.1) is 19.3 Å². The number of anilines is 1. The Morgan fingerprint density at radius 1 is 1.30 bits per heavy atom. The summed E-state index contributed by atoms with van der Waals surface area (Å²) in [4.78, 5) is 21.5. The molecule has 6 heteroatoms. The van der Waals surface area contributed by atoms with Crippen molar-refractivity contribution < 1.29 is 9.53 Å². The van der Waals surface area contributed by atoms with Crippen molar-refractivity contribution in [2.75, 3.05) is 25.5 Å². The summed E-state index contributed by atoms with van der Waals surface area (Å²) >= 11 is 1.93. The van der Waals surface area contributed by atoms with Gasteiger partial charge in [0.1, 0.15) is 10.8 Å². The number of thiazole rings is 1. The first-order valence-corrected chi connectivity index (χ1v) is 12.1. The predicted molar refractivity (Wildman–Crippen MR) is 122 cm³/mol. The number of aromatic nitrogens is 1. The van der Waals surface area contributed by atoms with Gasteiger partial charge in [-0.1, -0.05) is 0 Å². The van der Waals surface area contributed by atoms with Crippen molar-refractivity contribution >= 4 is 22.9 Å². The van der Waals surface area contributed by atoms with Crippen LogP contribution in [0.5, 0.6) is 5.75 Å². The van der Waals surface area contributed by atoms with Gasteiger partial charge in [-0.2, -0.15) is 0 Å². The number of methoxy groups -OCH3 is 1. The molecule has 1 amide bonds. The number of hydrogen-bond acceptors (Lipinski definition) is 5. The average Bonchev–Trinajstić information content (AvgIpc) is 3.16. The monoisotopic (exact) mass is 427 g/mol. The maximum atomic E-state index is 12.5. The average molecular weight is 428 g/mol. The van der Waals surface area contributed by atoms with Gasteiger partial charge in [-0.05, 0) is 88.1 Å². The van der Waals surface area contributed by atoms with E-state index in [1.165, 1.54) is 47.7 Å². The Kier molecular flexibility index (Phi) is 7.05. The van der Waals surface area contributed by atoms with Crippen molar-refractivity contribution in [1.29, 1.82) is 0 Å². The fourth-order valence-corrected chi connectivity index (χ4v) is 5.85. The minimum atomic E-state index is 0.105. The Hall–Kier alpha value is -1.92. The minimum absolute atomic E-state index is 0.105. The second-order valence-corrected chi connectivity index (χ2v) is 9.86. The maximum Gasteiger partial charge on any atom is 0.224 e. The molecule has 1 aliphatic heterocycles. The molecule has 1 N–H and O–H groups in total. The van der Waals surface area contributed by atoms with E-state index in [1.807, 2.05) is 36.5 Å². The van der Waals surface area contributed by atoms with Crippen LogP contribution in [0.4, 0.5) is 5.69 Å². The van der Waals surface area contributed by atoms with Crippen molar-refractivity contribution in [1.82, 2.24) is 9.88 Å². The number of aryl methyl sites for hydroxylation is 3. The summed E-state index contributed by atoms with van der Waals surface area (Å²) < 4.78 is 5.24. The molecule has 30 heavy (non-hydrogen) atoms. The number of ether oxygens (including phenoxy) is 1. The fraction of sp³-hybridized carbons (Fsp3) is 0.583. The van der Waals surface area contributed by atoms with Gasteiger partial charge in [-0.3, -0.25) is 9.69 Å². The molecular formula is C24H33N3O2S. The highest BCUT2D eigenvalue weighted by molar-refractivity contribution is 7.11. The molecule has 2 aliphatic rings. The molecule has 0 saturated carbocycles. The summed E-state index contributed by atoms with van der Waals surface area (Å²) in [5.74, 6) is 1.51. The van der Waals surface area contributed by atoms with E-state index in [1.54, 1.807) is 7.11 Å². The normalized spacial score (nSPS) is 19.3. The van der Waals surface area contributed by atoms with Gasteiger partial charge in [-0.15, -0.1) is 11.3 Å². The van der Waals surface area contributed by atoms with Crippen LogP contribution in [0.3, 0.4) is 0 Å². The molecule has 1 atom stereocenters. The van der Waals surface area contributed by atoms with E-state index in [0.29, 0.717) is 12.3 Å². The van der Waals surface area contributed by atoms with Crippen molar-refractivity contribution in [2.24, 2.45) is 5.92 Å². The summed E-state index contributed by atoms with van der Waals surface area (Å²) in [6.07, 6.45) is 8.96. The summed E-state index contributed by atoms with van der Waals surface area (Å²) in [5.41, 5.74) is 3.26. The quantitative estimate of drug-likeness (QED) is 0.678. The number of nitrogens with zero attached hydrogens (tertiary/aromatic N) is 2. The van der Waals surface area contributed by atoms with Crippen LogP contribution >= 0.6 is 11.3 Å². The lowest BCUT2D eigenvalue weighted by Crippen LogP contribution is -2.35. The van der Waals surface area contributed by atoms with Crippen LogP contribution in [-0.4, -0.2) is 36.0 Å². The smallest absolute Gasteiger partial charge is 0.224 e. The molecule has 2 aromatic rings. The number of nitrogens with one attached hydrogen (secondary N) is 1. The van der Waals surface area contributed by atoms with Gasteiger partial charge >= 0.3 is 0 Å². The van der Waals surface area contributed by atoms with Gasteiger partial charge < -0.3 is 10.1 Å². The molecule has 1 aromatic carbocycles. The molecule has 1 saturated heterocycles. The van der Waals surface area contributed by atoms with Gasteiger partial charge in [0, 0.05) is 23.5 Å². The molecule has 0 radical (unpaired) electrons. The minimum Gasteiger partial charge on any atom is -0.497 e. The van der Waals surface area contributed by atoms with Gasteiger partial charge in [0.15, 0.2) is 0 Å². The molecule has 2 heterocycles. The van der Waals surface area contributed by atoms with E-state index in [-0.39, 0.29) is 5.91 Å². The molecule has 5 nitrogen and oxygen atoms in total. The first-order chi connectivity index (χ1) is 14.6. The lowest BCUT2D eigenvalue weighted by atomic mass is 9.93. The number of fused-ring (bicyclic) bond motifs is 1. The molecule has 1 aliphatic carbocycles. The van der Waals surface area contributed by atoms with E-state index in [2.05, 4.69) is 10.2 Å². The van der Waals surface area contributed by atoms with Crippen LogP contribution in [0.15, 0.2) is 18.2 Å². The molecule has 1 fully saturated rings. The molecule has 0 spiro atoms. The summed E-state index contributed by atoms with van der Waals surface area (Å²) in [6.45, 7) is 5.20. The summed E-state index contributed by atoms with van der Waals surface area (Å²) in [6, 6.07) is 5.76. The van der Waals surface area contributed by atoms with Crippen molar-refractivity contribution in [3.05, 3.63) is 39.3 Å². The first kappa shape index (κ1) is 21.3. The molecule has 162 valence electrons. The summed E-state index contributed by atoms with van der Waals surface area (Å²) in [5, 5.41) is 4.35. The van der Waals surface area contributed by atoms with Crippen molar-refractivity contribution in [2.45, 2.75) is 64.8 Å². The fourth-order valence-electron chi connectivity index (χ4n) is 4.65. The number of likely N-dealkylation sites (tertiary alicyclic amines) is 1. The van der Waals surface area contributed by atoms with E-state index >= 15 is 0 Å². The Balaban J connectivity index is 1.25. The molecule has 4 rings (SSSR count). The highest BCUT2D eigenvalue weighted by Gasteiger charge is 2.23. The Labute approximate surface area is 183 Å². The number of amides is 1. The second kappa shape index (κ2) is 9.92. The zero-order valence-corrected chi connectivity index (χ0v) is 19.0. The van der Waals surface area contributed by atoms with Crippen LogP contribution < -0.4 is 10.1 Å². The van der Waals surface area contributed by atoms with Gasteiger partial charge in [0.25, 0.3) is 0 Å². The Bertz CT molecular complexity index is 856. The highest BCUT2D eigenvalue weighted by Crippen LogP contribution is 2.29. The topological polar surface area (TPSA) is 54.5 Å². The Morgan fingerprint density at radius 2 is 2.17 bits per heavy atom. The molecule has 0 unspecified atom stereocenters. The number of hydrogen-bond donors (Lipinski definition) is 1. The lowest BCUT2D eigenvalue weighted by Gasteiger charge is -2.32. The predicted octanol–water partition coefficient (Wildman–Crippen LogP) is 4.97. The van der Waals surface area contributed by atoms with E-state index < -0.39 is 0 Å². The first-order valence-electron chi connectivity index (χ1n) is 11.2. The number of carbonyl (C=O) groups excluding carboxylic acids is 1. The maximum absolute atomic E-state index is 12.5. The zero-order valence-electron chi connectivity index (χ0n) is 18.2. The summed E-state index contributed by atoms with van der Waals surface area (Å²) in [7, 11) is 1.66. The van der Waals surface area contributed by atoms with E-state index in [0.717, 1.165) is 49.5 Å². The SMILES string of the molecule is COc1ccc(NC(=O)CC[C@@H]2CCCN(Cc3nc4c(s3)CCCC4)C2)c(C)c1. The Morgan fingerprint density at radius 3 is 2.97 bits per heavy atom. The third-order valence-electron chi connectivity index (χ3n) is 6.34. The third-order valence-corrected chi connectivity index (χ3v) is 7.48. The van der Waals surface area contributed by atoms with Gasteiger partial charge in [0.2, 0.25) is 5.91 Å². The molecule has 0 bridgehead atoms. The zero-order chi connectivity index (χ0) is 20.9. The van der Waals surface area contributed by atoms with Crippen molar-refractivity contribution in [3.63, 3.8) is 0 Å².